The van der Waals surface area contributed by atoms with Crippen LogP contribution in [0.4, 0.5) is 0 Å². The molecule has 1 unspecified atom stereocenters. The van der Waals surface area contributed by atoms with Gasteiger partial charge in [-0.05, 0) is 56.6 Å². The summed E-state index contributed by atoms with van der Waals surface area (Å²) in [7, 11) is 1.26. The summed E-state index contributed by atoms with van der Waals surface area (Å²) >= 11 is 0. The summed E-state index contributed by atoms with van der Waals surface area (Å²) in [5.41, 5.74) is 1.57. The average molecular weight is 703 g/mol. The van der Waals surface area contributed by atoms with Gasteiger partial charge in [0.25, 0.3) is 0 Å². The molecule has 1 saturated heterocycles. The van der Waals surface area contributed by atoms with E-state index >= 15 is 0 Å². The number of likely N-dealkylation sites (tertiary alicyclic amines) is 1. The van der Waals surface area contributed by atoms with Gasteiger partial charge in [0.05, 0.1) is 19.2 Å². The lowest BCUT2D eigenvalue weighted by molar-refractivity contribution is -0.144. The van der Waals surface area contributed by atoms with E-state index < -0.39 is 35.4 Å². The Kier molecular flexibility index (Phi) is 15.1. The largest absolute Gasteiger partial charge is 0.467 e. The lowest BCUT2D eigenvalue weighted by Gasteiger charge is -2.40. The number of hydrogen-bond acceptors (Lipinski definition) is 7. The molecule has 10 heteroatoms. The maximum Gasteiger partial charge on any atom is 0.328 e. The highest BCUT2D eigenvalue weighted by Gasteiger charge is 2.38. The molecule has 0 aromatic heterocycles. The van der Waals surface area contributed by atoms with Crippen molar-refractivity contribution >= 4 is 29.5 Å². The van der Waals surface area contributed by atoms with Gasteiger partial charge < -0.3 is 20.7 Å². The number of rotatable bonds is 15. The molecular weight excluding hydrogens is 644 g/mol. The summed E-state index contributed by atoms with van der Waals surface area (Å²) in [4.78, 5) is 68.7. The number of amides is 3. The van der Waals surface area contributed by atoms with Crippen LogP contribution in [0.1, 0.15) is 103 Å². The van der Waals surface area contributed by atoms with Gasteiger partial charge in [-0.25, -0.2) is 4.79 Å². The number of nitrogens with zero attached hydrogens (tertiary/aromatic N) is 1. The minimum Gasteiger partial charge on any atom is -0.467 e. The number of ketones is 1. The Morgan fingerprint density at radius 2 is 1.53 bits per heavy atom. The van der Waals surface area contributed by atoms with E-state index in [0.29, 0.717) is 16.7 Å². The van der Waals surface area contributed by atoms with Crippen molar-refractivity contribution in [3.63, 3.8) is 0 Å². The lowest BCUT2D eigenvalue weighted by atomic mass is 9.85. The summed E-state index contributed by atoms with van der Waals surface area (Å²) < 4.78 is 4.99. The smallest absolute Gasteiger partial charge is 0.328 e. The SMILES string of the molecule is CCC(C)N1CCCC[C@@H]1C(=O)N[C@H](C(=O)N[C@H](/C=C(\C)C(=O)N[C@@H](Cc1ccc(C(=O)c2ccccc2)cc1)C(=O)OC)C(C)C)C(C)(C)C. The zero-order valence-corrected chi connectivity index (χ0v) is 31.9. The maximum atomic E-state index is 13.9. The van der Waals surface area contributed by atoms with E-state index in [1.165, 1.54) is 7.11 Å². The molecule has 0 spiro atoms. The van der Waals surface area contributed by atoms with Crippen molar-refractivity contribution in [2.24, 2.45) is 11.3 Å². The van der Waals surface area contributed by atoms with E-state index in [1.54, 1.807) is 61.5 Å². The van der Waals surface area contributed by atoms with Gasteiger partial charge in [-0.1, -0.05) is 109 Å². The molecule has 3 amide bonds. The Hall–Kier alpha value is -4.31. The fraction of sp³-hybridized carbons (Fsp3) is 0.537. The van der Waals surface area contributed by atoms with Crippen molar-refractivity contribution in [1.82, 2.24) is 20.9 Å². The number of piperidine rings is 1. The van der Waals surface area contributed by atoms with Crippen LogP contribution < -0.4 is 16.0 Å². The third-order valence-corrected chi connectivity index (χ3v) is 9.72. The van der Waals surface area contributed by atoms with Gasteiger partial charge in [0, 0.05) is 29.2 Å². The number of ether oxygens (including phenoxy) is 1. The second-order valence-electron chi connectivity index (χ2n) is 15.1. The normalized spacial score (nSPS) is 17.8. The molecule has 1 heterocycles. The molecule has 3 rings (SSSR count). The highest BCUT2D eigenvalue weighted by molar-refractivity contribution is 6.09. The third kappa shape index (κ3) is 11.6. The van der Waals surface area contributed by atoms with Crippen LogP contribution in [0.15, 0.2) is 66.2 Å². The van der Waals surface area contributed by atoms with E-state index in [1.807, 2.05) is 40.7 Å². The summed E-state index contributed by atoms with van der Waals surface area (Å²) in [6.07, 6.45) is 5.55. The molecule has 1 aliphatic rings. The predicted molar refractivity (Wildman–Crippen MR) is 200 cm³/mol. The first-order valence-corrected chi connectivity index (χ1v) is 18.2. The molecule has 51 heavy (non-hydrogen) atoms. The summed E-state index contributed by atoms with van der Waals surface area (Å²) in [5.74, 6) is -1.75. The number of hydrogen-bond donors (Lipinski definition) is 3. The van der Waals surface area contributed by atoms with Crippen LogP contribution in [0.5, 0.6) is 0 Å². The van der Waals surface area contributed by atoms with Gasteiger partial charge in [0.2, 0.25) is 17.7 Å². The van der Waals surface area contributed by atoms with Crippen LogP contribution in [0.2, 0.25) is 0 Å². The Bertz CT molecular complexity index is 1530. The van der Waals surface area contributed by atoms with Crippen LogP contribution in [0.3, 0.4) is 0 Å². The van der Waals surface area contributed by atoms with Gasteiger partial charge in [0.15, 0.2) is 5.78 Å². The minimum atomic E-state index is -0.983. The number of carbonyl (C=O) groups is 5. The fourth-order valence-electron chi connectivity index (χ4n) is 6.30. The van der Waals surface area contributed by atoms with E-state index in [-0.39, 0.29) is 42.0 Å². The first-order chi connectivity index (χ1) is 24.1. The molecule has 10 nitrogen and oxygen atoms in total. The summed E-state index contributed by atoms with van der Waals surface area (Å²) in [5, 5.41) is 8.93. The average Bonchev–Trinajstić information content (AvgIpc) is 3.12. The summed E-state index contributed by atoms with van der Waals surface area (Å²) in [6.45, 7) is 16.4. The van der Waals surface area contributed by atoms with Crippen LogP contribution in [-0.4, -0.2) is 78.2 Å². The number of nitrogens with one attached hydrogen (secondary N) is 3. The van der Waals surface area contributed by atoms with Crippen LogP contribution in [0.25, 0.3) is 0 Å². The molecule has 0 radical (unpaired) electrons. The van der Waals surface area contributed by atoms with Gasteiger partial charge in [0.1, 0.15) is 12.1 Å². The second-order valence-corrected chi connectivity index (χ2v) is 15.1. The van der Waals surface area contributed by atoms with Gasteiger partial charge in [-0.2, -0.15) is 0 Å². The van der Waals surface area contributed by atoms with E-state index in [2.05, 4.69) is 34.7 Å². The Morgan fingerprint density at radius 3 is 2.10 bits per heavy atom. The van der Waals surface area contributed by atoms with Crippen molar-refractivity contribution in [3.05, 3.63) is 82.9 Å². The lowest BCUT2D eigenvalue weighted by Crippen LogP contribution is -2.60. The van der Waals surface area contributed by atoms with Crippen LogP contribution in [0, 0.1) is 11.3 Å². The highest BCUT2D eigenvalue weighted by atomic mass is 16.5. The topological polar surface area (TPSA) is 134 Å². The van der Waals surface area contributed by atoms with Crippen molar-refractivity contribution in [1.29, 1.82) is 0 Å². The van der Waals surface area contributed by atoms with Gasteiger partial charge >= 0.3 is 5.97 Å². The van der Waals surface area contributed by atoms with Gasteiger partial charge in [-0.15, -0.1) is 0 Å². The molecule has 2 aromatic rings. The first kappa shape index (κ1) is 41.1. The standard InChI is InChI=1S/C41H58N4O6/c1-10-28(5)45-23-15-14-18-34(45)38(48)44-36(41(6,7)8)39(49)42-32(26(2)3)24-27(4)37(47)43-33(40(50)51-9)25-29-19-21-31(22-20-29)35(46)30-16-12-11-13-17-30/h11-13,16-17,19-22,24,26,28,32-34,36H,10,14-15,18,23,25H2,1-9H3,(H,42,49)(H,43,47)(H,44,48)/b27-24+/t28?,32-,33+,34-,36-/m1/s1. The first-order valence-electron chi connectivity index (χ1n) is 18.2. The molecule has 278 valence electrons. The maximum absolute atomic E-state index is 13.9. The van der Waals surface area contributed by atoms with Crippen molar-refractivity contribution in [2.45, 2.75) is 118 Å². The molecular formula is C41H58N4O6. The van der Waals surface area contributed by atoms with E-state index in [0.717, 1.165) is 37.8 Å². The van der Waals surface area contributed by atoms with Crippen molar-refractivity contribution in [3.8, 4) is 0 Å². The molecule has 0 bridgehead atoms. The minimum absolute atomic E-state index is 0.0826. The molecule has 1 fully saturated rings. The molecule has 0 saturated carbocycles. The second kappa shape index (κ2) is 18.8. The Labute approximate surface area is 304 Å². The molecule has 3 N–H and O–H groups in total. The highest BCUT2D eigenvalue weighted by Crippen LogP contribution is 2.24. The van der Waals surface area contributed by atoms with Gasteiger partial charge in [-0.3, -0.25) is 24.1 Å². The number of benzene rings is 2. The fourth-order valence-corrected chi connectivity index (χ4v) is 6.30. The number of carbonyl (C=O) groups excluding carboxylic acids is 5. The van der Waals surface area contributed by atoms with Crippen molar-refractivity contribution in [2.75, 3.05) is 13.7 Å². The zero-order valence-electron chi connectivity index (χ0n) is 31.9. The molecule has 1 aliphatic heterocycles. The van der Waals surface area contributed by atoms with Crippen LogP contribution in [-0.2, 0) is 30.3 Å². The predicted octanol–water partition coefficient (Wildman–Crippen LogP) is 5.39. The quantitative estimate of drug-likeness (QED) is 0.129. The monoisotopic (exact) mass is 702 g/mol. The number of esters is 1. The van der Waals surface area contributed by atoms with Crippen LogP contribution >= 0.6 is 0 Å². The molecule has 0 aliphatic carbocycles. The van der Waals surface area contributed by atoms with Crippen molar-refractivity contribution < 1.29 is 28.7 Å². The molecule has 2 aromatic carbocycles. The number of methoxy groups -OCH3 is 1. The Morgan fingerprint density at radius 1 is 0.902 bits per heavy atom. The zero-order chi connectivity index (χ0) is 37.9. The Balaban J connectivity index is 1.72. The molecule has 5 atom stereocenters. The van der Waals surface area contributed by atoms with E-state index in [4.69, 9.17) is 4.74 Å². The van der Waals surface area contributed by atoms with E-state index in [9.17, 15) is 24.0 Å². The third-order valence-electron chi connectivity index (χ3n) is 9.72. The summed E-state index contributed by atoms with van der Waals surface area (Å²) in [6, 6.07) is 13.6.